The highest BCUT2D eigenvalue weighted by atomic mass is 32.2. The third-order valence-electron chi connectivity index (χ3n) is 2.82. The molecule has 0 atom stereocenters. The van der Waals surface area contributed by atoms with Crippen molar-refractivity contribution in [1.29, 1.82) is 0 Å². The first-order valence-electron chi connectivity index (χ1n) is 5.98. The summed E-state index contributed by atoms with van der Waals surface area (Å²) >= 11 is 0. The second kappa shape index (κ2) is 6.24. The molecule has 0 saturated carbocycles. The molecule has 142 valence electrons. The molecular weight excluding hydrogens is 389 g/mol. The summed E-state index contributed by atoms with van der Waals surface area (Å²) in [6.07, 6.45) is -6.82. The van der Waals surface area contributed by atoms with E-state index in [-0.39, 0.29) is 17.8 Å². The van der Waals surface area contributed by atoms with E-state index in [1.54, 1.807) is 0 Å². The van der Waals surface area contributed by atoms with Crippen molar-refractivity contribution in [2.45, 2.75) is 22.2 Å². The van der Waals surface area contributed by atoms with Crippen LogP contribution in [0.3, 0.4) is 0 Å². The molecule has 0 heterocycles. The maximum Gasteiger partial charge on any atom is 0.461 e. The van der Waals surface area contributed by atoms with Crippen LogP contribution in [0.15, 0.2) is 23.1 Å². The van der Waals surface area contributed by atoms with E-state index < -0.39 is 50.3 Å². The number of nitrogens with one attached hydrogen (secondary N) is 1. The van der Waals surface area contributed by atoms with E-state index in [4.69, 9.17) is 10.8 Å². The van der Waals surface area contributed by atoms with Crippen molar-refractivity contribution in [3.63, 3.8) is 0 Å². The summed E-state index contributed by atoms with van der Waals surface area (Å²) in [5, 5.41) is 4.08. The third-order valence-corrected chi connectivity index (χ3v) is 4.63. The Hall–Kier alpha value is -2.25. The Balaban J connectivity index is 3.35. The molecular formula is C11H9F7N2O4S. The molecule has 0 radical (unpaired) electrons. The smallest absolute Gasteiger partial charge is 0.461 e. The van der Waals surface area contributed by atoms with Gasteiger partial charge >= 0.3 is 23.3 Å². The van der Waals surface area contributed by atoms with Crippen LogP contribution in [0.1, 0.15) is 0 Å². The van der Waals surface area contributed by atoms with E-state index >= 15 is 0 Å². The molecule has 0 aliphatic rings. The first-order valence-corrected chi connectivity index (χ1v) is 7.46. The number of rotatable bonds is 6. The van der Waals surface area contributed by atoms with Gasteiger partial charge in [0.05, 0.1) is 16.3 Å². The zero-order valence-electron chi connectivity index (χ0n) is 11.7. The highest BCUT2D eigenvalue weighted by Crippen LogP contribution is 2.50. The predicted molar refractivity (Wildman–Crippen MR) is 70.1 cm³/mol. The van der Waals surface area contributed by atoms with Gasteiger partial charge in [-0.1, -0.05) is 0 Å². The number of carboxylic acids is 1. The van der Waals surface area contributed by atoms with E-state index in [0.717, 1.165) is 0 Å². The number of alkyl halides is 7. The largest absolute Gasteiger partial charge is 0.480 e. The maximum absolute atomic E-state index is 13.5. The van der Waals surface area contributed by atoms with Crippen LogP contribution >= 0.6 is 0 Å². The summed E-state index contributed by atoms with van der Waals surface area (Å²) < 4.78 is 112. The van der Waals surface area contributed by atoms with Gasteiger partial charge in [-0.05, 0) is 18.2 Å². The van der Waals surface area contributed by atoms with Gasteiger partial charge in [-0.25, -0.2) is 8.42 Å². The van der Waals surface area contributed by atoms with E-state index in [2.05, 4.69) is 5.32 Å². The summed E-state index contributed by atoms with van der Waals surface area (Å²) in [6.45, 7) is -0.710. The van der Waals surface area contributed by atoms with E-state index in [0.29, 0.717) is 6.07 Å². The number of nitrogens with two attached hydrogens (primary N) is 1. The molecule has 0 fully saturated rings. The molecule has 0 unspecified atom stereocenters. The lowest BCUT2D eigenvalue weighted by Gasteiger charge is -2.27. The van der Waals surface area contributed by atoms with Crippen molar-refractivity contribution < 1.29 is 49.1 Å². The summed E-state index contributed by atoms with van der Waals surface area (Å²) in [5.74, 6) is -8.22. The number of halogens is 7. The molecule has 6 nitrogen and oxygen atoms in total. The van der Waals surface area contributed by atoms with Gasteiger partial charge in [-0.15, -0.1) is 0 Å². The highest BCUT2D eigenvalue weighted by molar-refractivity contribution is 7.92. The topological polar surface area (TPSA) is 109 Å². The SMILES string of the molecule is Nc1cc(S(=O)(=O)C(F)(F)C(F)(F)C(F)(F)F)ccc1NCC(=O)O. The first-order chi connectivity index (χ1) is 11.1. The molecule has 25 heavy (non-hydrogen) atoms. The van der Waals surface area contributed by atoms with Crippen LogP contribution < -0.4 is 11.1 Å². The highest BCUT2D eigenvalue weighted by Gasteiger charge is 2.78. The number of benzene rings is 1. The number of anilines is 2. The van der Waals surface area contributed by atoms with Crippen molar-refractivity contribution in [2.24, 2.45) is 0 Å². The zero-order chi connectivity index (χ0) is 19.8. The standard InChI is InChI=1S/C11H9F7N2O4S/c12-9(13,10(14,15)16)11(17,18)25(23,24)5-1-2-7(6(19)3-5)20-4-8(21)22/h1-3,20H,4,19H2,(H,21,22). The quantitative estimate of drug-likeness (QED) is 0.501. The van der Waals surface area contributed by atoms with Crippen molar-refractivity contribution in [3.8, 4) is 0 Å². The van der Waals surface area contributed by atoms with E-state index in [1.807, 2.05) is 0 Å². The Morgan fingerprint density at radius 3 is 2.04 bits per heavy atom. The zero-order valence-corrected chi connectivity index (χ0v) is 12.6. The fourth-order valence-electron chi connectivity index (χ4n) is 1.52. The molecule has 0 aromatic heterocycles. The number of hydrogen-bond donors (Lipinski definition) is 3. The summed E-state index contributed by atoms with van der Waals surface area (Å²) in [4.78, 5) is 8.76. The molecule has 0 saturated heterocycles. The number of carboxylic acid groups (broad SMARTS) is 1. The second-order valence-corrected chi connectivity index (χ2v) is 6.58. The molecule has 0 spiro atoms. The van der Waals surface area contributed by atoms with Crippen LogP contribution in [0.4, 0.5) is 42.1 Å². The van der Waals surface area contributed by atoms with Gasteiger partial charge in [-0.3, -0.25) is 4.79 Å². The number of aliphatic carboxylic acids is 1. The van der Waals surface area contributed by atoms with Crippen molar-refractivity contribution >= 4 is 27.2 Å². The predicted octanol–water partition coefficient (Wildman–Crippen LogP) is 2.33. The van der Waals surface area contributed by atoms with Gasteiger partial charge in [0.15, 0.2) is 0 Å². The van der Waals surface area contributed by atoms with Gasteiger partial charge < -0.3 is 16.2 Å². The second-order valence-electron chi connectivity index (χ2n) is 4.59. The van der Waals surface area contributed by atoms with Gasteiger partial charge in [0.2, 0.25) is 9.84 Å². The molecule has 4 N–H and O–H groups in total. The lowest BCUT2D eigenvalue weighted by Crippen LogP contribution is -2.55. The lowest BCUT2D eigenvalue weighted by atomic mass is 10.2. The van der Waals surface area contributed by atoms with Crippen LogP contribution in [-0.4, -0.2) is 43.4 Å². The fourth-order valence-corrected chi connectivity index (χ4v) is 2.80. The fraction of sp³-hybridized carbons (Fsp3) is 0.364. The Morgan fingerprint density at radius 1 is 1.12 bits per heavy atom. The van der Waals surface area contributed by atoms with Crippen molar-refractivity contribution in [3.05, 3.63) is 18.2 Å². The summed E-state index contributed by atoms with van der Waals surface area (Å²) in [6, 6.07) is 1.14. The Kier molecular flexibility index (Phi) is 5.19. The van der Waals surface area contributed by atoms with Crippen LogP contribution in [0.25, 0.3) is 0 Å². The summed E-state index contributed by atoms with van der Waals surface area (Å²) in [5.41, 5.74) is 4.35. The molecule has 0 amide bonds. The molecule has 1 rings (SSSR count). The molecule has 0 aliphatic heterocycles. The van der Waals surface area contributed by atoms with Crippen LogP contribution in [0.5, 0.6) is 0 Å². The third kappa shape index (κ3) is 3.57. The minimum absolute atomic E-state index is 0.208. The van der Waals surface area contributed by atoms with Gasteiger partial charge in [0.25, 0.3) is 0 Å². The van der Waals surface area contributed by atoms with Gasteiger partial charge in [0, 0.05) is 0 Å². The molecule has 1 aromatic carbocycles. The number of hydrogen-bond acceptors (Lipinski definition) is 5. The number of sulfone groups is 1. The monoisotopic (exact) mass is 398 g/mol. The number of nitrogen functional groups attached to an aromatic ring is 1. The minimum Gasteiger partial charge on any atom is -0.480 e. The Labute approximate surface area is 135 Å². The van der Waals surface area contributed by atoms with Crippen molar-refractivity contribution in [2.75, 3.05) is 17.6 Å². The lowest BCUT2D eigenvalue weighted by molar-refractivity contribution is -0.332. The van der Waals surface area contributed by atoms with Crippen LogP contribution in [0.2, 0.25) is 0 Å². The molecule has 1 aromatic rings. The molecule has 0 aliphatic carbocycles. The summed E-state index contributed by atoms with van der Waals surface area (Å²) in [7, 11) is -6.48. The number of carbonyl (C=O) groups is 1. The molecule has 14 heteroatoms. The Bertz CT molecular complexity index is 777. The normalized spacial score (nSPS) is 13.6. The van der Waals surface area contributed by atoms with Crippen molar-refractivity contribution in [1.82, 2.24) is 0 Å². The Morgan fingerprint density at radius 2 is 1.64 bits per heavy atom. The molecule has 0 bridgehead atoms. The average molecular weight is 398 g/mol. The van der Waals surface area contributed by atoms with Gasteiger partial charge in [0.1, 0.15) is 6.54 Å². The van der Waals surface area contributed by atoms with Crippen LogP contribution in [-0.2, 0) is 14.6 Å². The van der Waals surface area contributed by atoms with Gasteiger partial charge in [-0.2, -0.15) is 30.7 Å². The van der Waals surface area contributed by atoms with E-state index in [1.165, 1.54) is 0 Å². The van der Waals surface area contributed by atoms with Crippen LogP contribution in [0, 0.1) is 0 Å². The average Bonchev–Trinajstić information content (AvgIpc) is 2.44. The minimum atomic E-state index is -6.85. The maximum atomic E-state index is 13.5. The first kappa shape index (κ1) is 20.8. The van der Waals surface area contributed by atoms with E-state index in [9.17, 15) is 43.9 Å².